The highest BCUT2D eigenvalue weighted by Gasteiger charge is 2.06. The minimum Gasteiger partial charge on any atom is -0.364 e. The van der Waals surface area contributed by atoms with Gasteiger partial charge in [-0.1, -0.05) is 30.3 Å². The van der Waals surface area contributed by atoms with Gasteiger partial charge in [-0.15, -0.1) is 11.8 Å². The molecule has 2 N–H and O–H groups in total. The summed E-state index contributed by atoms with van der Waals surface area (Å²) in [5, 5.41) is 10.9. The molecule has 1 aromatic heterocycles. The first kappa shape index (κ1) is 16.4. The molecule has 6 heteroatoms. The molecule has 1 atom stereocenters. The van der Waals surface area contributed by atoms with Gasteiger partial charge in [0.1, 0.15) is 12.0 Å². The molecule has 22 heavy (non-hydrogen) atoms. The highest BCUT2D eigenvalue weighted by atomic mass is 32.2. The van der Waals surface area contributed by atoms with E-state index in [1.54, 1.807) is 6.26 Å². The van der Waals surface area contributed by atoms with Gasteiger partial charge in [-0.25, -0.2) is 4.99 Å². The predicted octanol–water partition coefficient (Wildman–Crippen LogP) is 2.91. The van der Waals surface area contributed by atoms with Crippen molar-refractivity contribution < 1.29 is 4.52 Å². The molecule has 0 bridgehead atoms. The first-order valence-corrected chi connectivity index (χ1v) is 8.29. The lowest BCUT2D eigenvalue weighted by molar-refractivity contribution is 0.412. The van der Waals surface area contributed by atoms with E-state index >= 15 is 0 Å². The van der Waals surface area contributed by atoms with Crippen molar-refractivity contribution in [2.24, 2.45) is 4.99 Å². The second kappa shape index (κ2) is 9.15. The molecular weight excluding hydrogens is 296 g/mol. The molecule has 0 radical (unpaired) electrons. The molecule has 118 valence electrons. The summed E-state index contributed by atoms with van der Waals surface area (Å²) in [6.07, 6.45) is 1.56. The van der Waals surface area contributed by atoms with Gasteiger partial charge in [0.15, 0.2) is 5.96 Å². The predicted molar refractivity (Wildman–Crippen MR) is 91.1 cm³/mol. The van der Waals surface area contributed by atoms with Crippen LogP contribution in [0.4, 0.5) is 0 Å². The number of rotatable bonds is 7. The summed E-state index contributed by atoms with van der Waals surface area (Å²) in [5.41, 5.74) is 0.823. The zero-order valence-electron chi connectivity index (χ0n) is 13.0. The molecule has 1 unspecified atom stereocenters. The van der Waals surface area contributed by atoms with Crippen LogP contribution in [0.15, 0.2) is 57.1 Å². The number of aromatic nitrogens is 1. The van der Waals surface area contributed by atoms with Crippen molar-refractivity contribution >= 4 is 17.7 Å². The third-order valence-corrected chi connectivity index (χ3v) is 3.99. The highest BCUT2D eigenvalue weighted by molar-refractivity contribution is 8.00. The van der Waals surface area contributed by atoms with E-state index in [0.29, 0.717) is 11.8 Å². The maximum atomic E-state index is 4.81. The summed E-state index contributed by atoms with van der Waals surface area (Å²) in [6, 6.07) is 12.2. The van der Waals surface area contributed by atoms with Gasteiger partial charge in [0.25, 0.3) is 0 Å². The molecule has 0 aliphatic heterocycles. The fraction of sp³-hybridized carbons (Fsp3) is 0.375. The normalized spacial score (nSPS) is 12.9. The number of nitrogens with zero attached hydrogens (tertiary/aromatic N) is 2. The molecule has 0 aliphatic rings. The molecular formula is C16H22N4OS. The highest BCUT2D eigenvalue weighted by Crippen LogP contribution is 2.21. The van der Waals surface area contributed by atoms with Gasteiger partial charge in [-0.2, -0.15) is 0 Å². The molecule has 0 fully saturated rings. The maximum Gasteiger partial charge on any atom is 0.191 e. The third kappa shape index (κ3) is 5.81. The lowest BCUT2D eigenvalue weighted by Gasteiger charge is -2.15. The van der Waals surface area contributed by atoms with Crippen molar-refractivity contribution in [2.45, 2.75) is 30.5 Å². The Morgan fingerprint density at radius 2 is 2.09 bits per heavy atom. The number of hydrogen-bond acceptors (Lipinski definition) is 4. The molecule has 1 aromatic carbocycles. The van der Waals surface area contributed by atoms with Gasteiger partial charge in [0.05, 0.1) is 6.54 Å². The van der Waals surface area contributed by atoms with Gasteiger partial charge in [0, 0.05) is 29.3 Å². The van der Waals surface area contributed by atoms with Crippen LogP contribution < -0.4 is 10.6 Å². The average Bonchev–Trinajstić information content (AvgIpc) is 3.04. The third-order valence-electron chi connectivity index (χ3n) is 2.87. The van der Waals surface area contributed by atoms with Crippen LogP contribution in [-0.2, 0) is 6.54 Å². The van der Waals surface area contributed by atoms with Crippen LogP contribution in [0.1, 0.15) is 19.5 Å². The number of nitrogens with one attached hydrogen (secondary N) is 2. The van der Waals surface area contributed by atoms with Crippen molar-refractivity contribution in [3.8, 4) is 0 Å². The van der Waals surface area contributed by atoms with E-state index in [1.165, 1.54) is 4.90 Å². The second-order valence-corrected chi connectivity index (χ2v) is 6.32. The molecule has 0 aliphatic carbocycles. The van der Waals surface area contributed by atoms with Crippen molar-refractivity contribution in [1.82, 2.24) is 15.8 Å². The van der Waals surface area contributed by atoms with E-state index in [2.05, 4.69) is 58.9 Å². The Kier molecular flexibility index (Phi) is 6.83. The van der Waals surface area contributed by atoms with E-state index in [-0.39, 0.29) is 0 Å². The van der Waals surface area contributed by atoms with E-state index in [1.807, 2.05) is 23.9 Å². The van der Waals surface area contributed by atoms with E-state index in [0.717, 1.165) is 24.7 Å². The SMILES string of the molecule is CCNC(=NCc1ccon1)NCC(C)Sc1ccccc1. The summed E-state index contributed by atoms with van der Waals surface area (Å²) in [5.74, 6) is 0.797. The fourth-order valence-corrected chi connectivity index (χ4v) is 2.78. The Morgan fingerprint density at radius 1 is 1.27 bits per heavy atom. The Balaban J connectivity index is 1.81. The van der Waals surface area contributed by atoms with E-state index in [4.69, 9.17) is 4.52 Å². The zero-order chi connectivity index (χ0) is 15.6. The van der Waals surface area contributed by atoms with Gasteiger partial charge < -0.3 is 15.2 Å². The average molecular weight is 318 g/mol. The molecule has 0 spiro atoms. The maximum absolute atomic E-state index is 4.81. The minimum atomic E-state index is 0.443. The van der Waals surface area contributed by atoms with Crippen LogP contribution in [0.2, 0.25) is 0 Å². The van der Waals surface area contributed by atoms with Crippen LogP contribution in [0, 0.1) is 0 Å². The van der Waals surface area contributed by atoms with Crippen molar-refractivity contribution in [1.29, 1.82) is 0 Å². The standard InChI is InChI=1S/C16H22N4OS/c1-3-17-16(19-12-14-9-10-21-20-14)18-11-13(2)22-15-7-5-4-6-8-15/h4-10,13H,3,11-12H2,1-2H3,(H2,17,18,19). The smallest absolute Gasteiger partial charge is 0.191 e. The van der Waals surface area contributed by atoms with Crippen LogP contribution in [0.25, 0.3) is 0 Å². The molecule has 1 heterocycles. The Bertz CT molecular complexity index is 557. The summed E-state index contributed by atoms with van der Waals surface area (Å²) >= 11 is 1.85. The Morgan fingerprint density at radius 3 is 2.77 bits per heavy atom. The van der Waals surface area contributed by atoms with Crippen molar-refractivity contribution in [3.05, 3.63) is 48.4 Å². The van der Waals surface area contributed by atoms with Gasteiger partial charge in [0.2, 0.25) is 0 Å². The van der Waals surface area contributed by atoms with Crippen LogP contribution in [0.5, 0.6) is 0 Å². The monoisotopic (exact) mass is 318 g/mol. The molecule has 5 nitrogen and oxygen atoms in total. The topological polar surface area (TPSA) is 62.5 Å². The van der Waals surface area contributed by atoms with Gasteiger partial charge in [-0.3, -0.25) is 0 Å². The van der Waals surface area contributed by atoms with E-state index in [9.17, 15) is 0 Å². The van der Waals surface area contributed by atoms with Crippen molar-refractivity contribution in [2.75, 3.05) is 13.1 Å². The fourth-order valence-electron chi connectivity index (χ4n) is 1.83. The number of guanidine groups is 1. The second-order valence-electron chi connectivity index (χ2n) is 4.81. The molecule has 0 amide bonds. The van der Waals surface area contributed by atoms with Crippen LogP contribution >= 0.6 is 11.8 Å². The van der Waals surface area contributed by atoms with Crippen molar-refractivity contribution in [3.63, 3.8) is 0 Å². The number of aliphatic imine (C=N–C) groups is 1. The summed E-state index contributed by atoms with van der Waals surface area (Å²) < 4.78 is 4.81. The quantitative estimate of drug-likeness (QED) is 0.467. The molecule has 0 saturated heterocycles. The molecule has 2 rings (SSSR count). The zero-order valence-corrected chi connectivity index (χ0v) is 13.8. The summed E-state index contributed by atoms with van der Waals surface area (Å²) in [4.78, 5) is 5.78. The van der Waals surface area contributed by atoms with Gasteiger partial charge in [-0.05, 0) is 19.1 Å². The molecule has 0 saturated carbocycles. The summed E-state index contributed by atoms with van der Waals surface area (Å²) in [6.45, 7) is 6.42. The number of thioether (sulfide) groups is 1. The number of benzene rings is 1. The first-order chi connectivity index (χ1) is 10.8. The number of hydrogen-bond donors (Lipinski definition) is 2. The van der Waals surface area contributed by atoms with Gasteiger partial charge >= 0.3 is 0 Å². The minimum absolute atomic E-state index is 0.443. The largest absolute Gasteiger partial charge is 0.364 e. The Hall–Kier alpha value is -1.95. The Labute approximate surface area is 135 Å². The molecule has 2 aromatic rings. The van der Waals surface area contributed by atoms with E-state index < -0.39 is 0 Å². The summed E-state index contributed by atoms with van der Waals surface area (Å²) in [7, 11) is 0. The van der Waals surface area contributed by atoms with Crippen LogP contribution in [0.3, 0.4) is 0 Å². The lowest BCUT2D eigenvalue weighted by Crippen LogP contribution is -2.40. The first-order valence-electron chi connectivity index (χ1n) is 7.41. The van der Waals surface area contributed by atoms with Crippen LogP contribution in [-0.4, -0.2) is 29.5 Å². The lowest BCUT2D eigenvalue weighted by atomic mass is 10.4.